The van der Waals surface area contributed by atoms with Crippen LogP contribution in [-0.2, 0) is 16.4 Å². The van der Waals surface area contributed by atoms with Crippen molar-refractivity contribution < 1.29 is 17.9 Å². The second-order valence-corrected chi connectivity index (χ2v) is 8.73. The van der Waals surface area contributed by atoms with E-state index in [1.807, 2.05) is 25.1 Å². The van der Waals surface area contributed by atoms with Gasteiger partial charge in [0, 0.05) is 27.6 Å². The van der Waals surface area contributed by atoms with Crippen molar-refractivity contribution in [2.24, 2.45) is 0 Å². The van der Waals surface area contributed by atoms with E-state index < -0.39 is 10.0 Å². The molecule has 0 saturated carbocycles. The summed E-state index contributed by atoms with van der Waals surface area (Å²) in [5, 5.41) is 1.03. The van der Waals surface area contributed by atoms with Gasteiger partial charge in [-0.1, -0.05) is 15.9 Å². The van der Waals surface area contributed by atoms with E-state index in [0.717, 1.165) is 27.9 Å². The summed E-state index contributed by atoms with van der Waals surface area (Å²) in [6, 6.07) is 10.7. The van der Waals surface area contributed by atoms with Gasteiger partial charge >= 0.3 is 0 Å². The van der Waals surface area contributed by atoms with Gasteiger partial charge in [-0.15, -0.1) is 0 Å². The third kappa shape index (κ3) is 4.12. The predicted molar refractivity (Wildman–Crippen MR) is 109 cm³/mol. The SMILES string of the molecule is COc1ccc2[nH]c(C)c(CCNS(=O)(=O)c3cc(Br)ccc3OC)c2c1. The number of methoxy groups -OCH3 is 2. The second kappa shape index (κ2) is 7.92. The Labute approximate surface area is 167 Å². The average Bonchev–Trinajstić information content (AvgIpc) is 2.96. The molecule has 0 aliphatic carbocycles. The highest BCUT2D eigenvalue weighted by molar-refractivity contribution is 9.10. The molecule has 27 heavy (non-hydrogen) atoms. The van der Waals surface area contributed by atoms with Crippen LogP contribution < -0.4 is 14.2 Å². The van der Waals surface area contributed by atoms with Gasteiger partial charge in [0.25, 0.3) is 0 Å². The van der Waals surface area contributed by atoms with Gasteiger partial charge in [0.05, 0.1) is 14.2 Å². The van der Waals surface area contributed by atoms with Crippen LogP contribution in [0.4, 0.5) is 0 Å². The van der Waals surface area contributed by atoms with Crippen LogP contribution in [0.2, 0.25) is 0 Å². The second-order valence-electron chi connectivity index (χ2n) is 6.08. The number of benzene rings is 2. The largest absolute Gasteiger partial charge is 0.497 e. The molecule has 0 aliphatic rings. The Kier molecular flexibility index (Phi) is 5.78. The quantitative estimate of drug-likeness (QED) is 0.571. The van der Waals surface area contributed by atoms with Gasteiger partial charge in [-0.2, -0.15) is 0 Å². The summed E-state index contributed by atoms with van der Waals surface area (Å²) in [4.78, 5) is 3.43. The summed E-state index contributed by atoms with van der Waals surface area (Å²) in [7, 11) is -0.623. The van der Waals surface area contributed by atoms with Crippen LogP contribution in [0.3, 0.4) is 0 Å². The first-order valence-corrected chi connectivity index (χ1v) is 10.6. The van der Waals surface area contributed by atoms with E-state index in [2.05, 4.69) is 25.6 Å². The first-order chi connectivity index (χ1) is 12.9. The lowest BCUT2D eigenvalue weighted by molar-refractivity contribution is 0.402. The Morgan fingerprint density at radius 1 is 1.11 bits per heavy atom. The molecule has 1 aromatic heterocycles. The van der Waals surface area contributed by atoms with Crippen molar-refractivity contribution in [1.82, 2.24) is 9.71 Å². The van der Waals surface area contributed by atoms with Gasteiger partial charge in [-0.3, -0.25) is 0 Å². The van der Waals surface area contributed by atoms with Crippen LogP contribution in [0.15, 0.2) is 45.8 Å². The van der Waals surface area contributed by atoms with Gasteiger partial charge in [-0.25, -0.2) is 13.1 Å². The summed E-state index contributed by atoms with van der Waals surface area (Å²) in [5.74, 6) is 1.07. The van der Waals surface area contributed by atoms with Crippen LogP contribution in [-0.4, -0.2) is 34.2 Å². The van der Waals surface area contributed by atoms with Crippen molar-refractivity contribution >= 4 is 36.9 Å². The zero-order valence-corrected chi connectivity index (χ0v) is 17.7. The molecule has 144 valence electrons. The number of rotatable bonds is 7. The van der Waals surface area contributed by atoms with E-state index in [1.165, 1.54) is 13.2 Å². The van der Waals surface area contributed by atoms with Crippen LogP contribution in [0.25, 0.3) is 10.9 Å². The third-order valence-electron chi connectivity index (χ3n) is 4.41. The van der Waals surface area contributed by atoms with Gasteiger partial charge in [-0.05, 0) is 55.3 Å². The van der Waals surface area contributed by atoms with E-state index >= 15 is 0 Å². The molecule has 8 heteroatoms. The first kappa shape index (κ1) is 19.7. The molecule has 0 fully saturated rings. The van der Waals surface area contributed by atoms with Crippen LogP contribution in [0.1, 0.15) is 11.3 Å². The molecule has 3 rings (SSSR count). The van der Waals surface area contributed by atoms with E-state index in [0.29, 0.717) is 16.6 Å². The minimum absolute atomic E-state index is 0.108. The Balaban J connectivity index is 1.81. The maximum absolute atomic E-state index is 12.7. The van der Waals surface area contributed by atoms with Crippen molar-refractivity contribution in [2.45, 2.75) is 18.2 Å². The molecule has 2 N–H and O–H groups in total. The van der Waals surface area contributed by atoms with Gasteiger partial charge in [0.1, 0.15) is 16.4 Å². The highest BCUT2D eigenvalue weighted by Crippen LogP contribution is 2.28. The minimum Gasteiger partial charge on any atom is -0.497 e. The highest BCUT2D eigenvalue weighted by Gasteiger charge is 2.20. The Morgan fingerprint density at radius 3 is 2.59 bits per heavy atom. The topological polar surface area (TPSA) is 80.4 Å². The van der Waals surface area contributed by atoms with Crippen LogP contribution in [0.5, 0.6) is 11.5 Å². The molecule has 0 atom stereocenters. The molecule has 0 radical (unpaired) electrons. The van der Waals surface area contributed by atoms with Crippen molar-refractivity contribution in [3.8, 4) is 11.5 Å². The lowest BCUT2D eigenvalue weighted by atomic mass is 10.1. The zero-order chi connectivity index (χ0) is 19.6. The van der Waals surface area contributed by atoms with E-state index in [1.54, 1.807) is 19.2 Å². The molecule has 2 aromatic carbocycles. The number of ether oxygens (including phenoxy) is 2. The number of nitrogens with one attached hydrogen (secondary N) is 2. The van der Waals surface area contributed by atoms with Crippen molar-refractivity contribution in [2.75, 3.05) is 20.8 Å². The fraction of sp³-hybridized carbons (Fsp3) is 0.263. The van der Waals surface area contributed by atoms with Crippen molar-refractivity contribution in [3.63, 3.8) is 0 Å². The number of aromatic amines is 1. The van der Waals surface area contributed by atoms with Crippen molar-refractivity contribution in [1.29, 1.82) is 0 Å². The number of hydrogen-bond acceptors (Lipinski definition) is 4. The molecule has 1 heterocycles. The van der Waals surface area contributed by atoms with Crippen molar-refractivity contribution in [3.05, 3.63) is 52.1 Å². The number of aryl methyl sites for hydroxylation is 1. The number of fused-ring (bicyclic) bond motifs is 1. The molecule has 0 saturated heterocycles. The van der Waals surface area contributed by atoms with E-state index in [-0.39, 0.29) is 11.4 Å². The van der Waals surface area contributed by atoms with Gasteiger partial charge < -0.3 is 14.5 Å². The summed E-state index contributed by atoms with van der Waals surface area (Å²) in [5.41, 5.74) is 3.07. The lowest BCUT2D eigenvalue weighted by Crippen LogP contribution is -2.26. The summed E-state index contributed by atoms with van der Waals surface area (Å²) >= 11 is 3.30. The predicted octanol–water partition coefficient (Wildman–Crippen LogP) is 3.78. The van der Waals surface area contributed by atoms with Crippen LogP contribution in [0, 0.1) is 6.92 Å². The fourth-order valence-electron chi connectivity index (χ4n) is 3.06. The number of halogens is 1. The third-order valence-corrected chi connectivity index (χ3v) is 6.38. The molecular formula is C19H21BrN2O4S. The number of aromatic nitrogens is 1. The zero-order valence-electron chi connectivity index (χ0n) is 15.3. The number of sulfonamides is 1. The normalized spacial score (nSPS) is 11.7. The standard InChI is InChI=1S/C19H21BrN2O4S/c1-12-15(16-11-14(25-2)5-6-17(16)22-12)8-9-21-27(23,24)19-10-13(20)4-7-18(19)26-3/h4-7,10-11,21-22H,8-9H2,1-3H3. The Hall–Kier alpha value is -2.03. The summed E-state index contributed by atoms with van der Waals surface area (Å²) in [6.07, 6.45) is 0.550. The fourth-order valence-corrected chi connectivity index (χ4v) is 4.80. The number of hydrogen-bond donors (Lipinski definition) is 2. The molecule has 0 aliphatic heterocycles. The van der Waals surface area contributed by atoms with E-state index in [4.69, 9.17) is 9.47 Å². The van der Waals surface area contributed by atoms with Gasteiger partial charge in [0.2, 0.25) is 10.0 Å². The van der Waals surface area contributed by atoms with Gasteiger partial charge in [0.15, 0.2) is 0 Å². The van der Waals surface area contributed by atoms with Crippen LogP contribution >= 0.6 is 15.9 Å². The average molecular weight is 453 g/mol. The Morgan fingerprint density at radius 2 is 1.89 bits per heavy atom. The molecule has 0 bridgehead atoms. The molecular weight excluding hydrogens is 432 g/mol. The maximum atomic E-state index is 12.7. The maximum Gasteiger partial charge on any atom is 0.244 e. The highest BCUT2D eigenvalue weighted by atomic mass is 79.9. The first-order valence-electron chi connectivity index (χ1n) is 8.34. The lowest BCUT2D eigenvalue weighted by Gasteiger charge is -2.11. The molecule has 0 unspecified atom stereocenters. The molecule has 0 amide bonds. The summed E-state index contributed by atoms with van der Waals surface area (Å²) < 4.78 is 39.2. The van der Waals surface area contributed by atoms with E-state index in [9.17, 15) is 8.42 Å². The smallest absolute Gasteiger partial charge is 0.244 e. The Bertz CT molecular complexity index is 1080. The minimum atomic E-state index is -3.70. The molecule has 0 spiro atoms. The number of H-pyrrole nitrogens is 1. The molecule has 6 nitrogen and oxygen atoms in total. The molecule has 3 aromatic rings. The monoisotopic (exact) mass is 452 g/mol. The summed E-state index contributed by atoms with van der Waals surface area (Å²) in [6.45, 7) is 2.25.